The molecule has 0 N–H and O–H groups in total. The Labute approximate surface area is 118 Å². The minimum Gasteiger partial charge on any atom is -0.497 e. The molecule has 0 amide bonds. The molecular weight excluding hydrogens is 252 g/mol. The van der Waals surface area contributed by atoms with Crippen LogP contribution in [-0.2, 0) is 18.2 Å². The van der Waals surface area contributed by atoms with Crippen molar-refractivity contribution >= 4 is 10.9 Å². The molecule has 0 bridgehead atoms. The van der Waals surface area contributed by atoms with E-state index in [1.165, 1.54) is 22.2 Å². The van der Waals surface area contributed by atoms with Crippen LogP contribution >= 0.6 is 0 Å². The van der Waals surface area contributed by atoms with E-state index in [0.717, 1.165) is 25.3 Å². The second-order valence-corrected chi connectivity index (χ2v) is 5.74. The van der Waals surface area contributed by atoms with E-state index in [4.69, 9.17) is 9.47 Å². The normalized spacial score (nSPS) is 25.8. The van der Waals surface area contributed by atoms with Gasteiger partial charge in [0, 0.05) is 30.2 Å². The predicted octanol–water partition coefficient (Wildman–Crippen LogP) is 2.46. The predicted molar refractivity (Wildman–Crippen MR) is 78.0 cm³/mol. The van der Waals surface area contributed by atoms with Crippen LogP contribution < -0.4 is 4.74 Å². The second-order valence-electron chi connectivity index (χ2n) is 5.74. The Balaban J connectivity index is 1.94. The molecule has 0 saturated carbocycles. The van der Waals surface area contributed by atoms with Crippen LogP contribution in [0.15, 0.2) is 18.2 Å². The van der Waals surface area contributed by atoms with Crippen LogP contribution in [0.2, 0.25) is 0 Å². The highest BCUT2D eigenvalue weighted by Gasteiger charge is 2.39. The molecule has 0 aliphatic carbocycles. The number of benzene rings is 1. The van der Waals surface area contributed by atoms with Gasteiger partial charge in [-0.15, -0.1) is 0 Å². The fourth-order valence-corrected chi connectivity index (χ4v) is 3.82. The standard InChI is InChI=1S/C16H20N2O2/c1-10-18-7-6-12-13-8-11(19-3)4-5-14(13)17(2)16(12)15(18)9-20-10/h4-5,8,10,15H,6-7,9H2,1-3H3. The van der Waals surface area contributed by atoms with Crippen molar-refractivity contribution in [2.24, 2.45) is 7.05 Å². The number of ether oxygens (including phenoxy) is 2. The molecule has 1 saturated heterocycles. The van der Waals surface area contributed by atoms with Gasteiger partial charge in [0.25, 0.3) is 0 Å². The van der Waals surface area contributed by atoms with Gasteiger partial charge in [-0.25, -0.2) is 0 Å². The average molecular weight is 272 g/mol. The minimum absolute atomic E-state index is 0.237. The second kappa shape index (κ2) is 4.24. The Kier molecular flexibility index (Phi) is 2.59. The molecule has 2 aliphatic rings. The summed E-state index contributed by atoms with van der Waals surface area (Å²) in [6.45, 7) is 4.03. The van der Waals surface area contributed by atoms with Gasteiger partial charge in [0.05, 0.1) is 19.8 Å². The zero-order chi connectivity index (χ0) is 13.9. The van der Waals surface area contributed by atoms with Crippen LogP contribution in [0.4, 0.5) is 0 Å². The molecule has 106 valence electrons. The van der Waals surface area contributed by atoms with Crippen molar-refractivity contribution in [3.8, 4) is 5.75 Å². The summed E-state index contributed by atoms with van der Waals surface area (Å²) < 4.78 is 13.6. The lowest BCUT2D eigenvalue weighted by Gasteiger charge is -2.31. The largest absolute Gasteiger partial charge is 0.497 e. The topological polar surface area (TPSA) is 26.6 Å². The van der Waals surface area contributed by atoms with Gasteiger partial charge < -0.3 is 14.0 Å². The van der Waals surface area contributed by atoms with Gasteiger partial charge in [-0.3, -0.25) is 4.90 Å². The molecule has 2 aromatic rings. The summed E-state index contributed by atoms with van der Waals surface area (Å²) in [6, 6.07) is 6.77. The molecular formula is C16H20N2O2. The molecule has 3 heterocycles. The summed E-state index contributed by atoms with van der Waals surface area (Å²) in [4.78, 5) is 2.47. The molecule has 1 aromatic heterocycles. The fourth-order valence-electron chi connectivity index (χ4n) is 3.82. The van der Waals surface area contributed by atoms with Crippen LogP contribution in [-0.4, -0.2) is 36.0 Å². The molecule has 1 fully saturated rings. The first-order valence-corrected chi connectivity index (χ1v) is 7.23. The number of rotatable bonds is 1. The number of nitrogens with zero attached hydrogens (tertiary/aromatic N) is 2. The van der Waals surface area contributed by atoms with Gasteiger partial charge in [-0.2, -0.15) is 0 Å². The van der Waals surface area contributed by atoms with Gasteiger partial charge in [0.15, 0.2) is 0 Å². The SMILES string of the molecule is COc1ccc2c(c1)c1c(n2C)C2COC(C)N2CC1. The van der Waals surface area contributed by atoms with Crippen molar-refractivity contribution in [1.82, 2.24) is 9.47 Å². The van der Waals surface area contributed by atoms with Crippen molar-refractivity contribution in [2.75, 3.05) is 20.3 Å². The van der Waals surface area contributed by atoms with E-state index >= 15 is 0 Å². The van der Waals surface area contributed by atoms with Crippen molar-refractivity contribution in [3.05, 3.63) is 29.5 Å². The third kappa shape index (κ3) is 1.49. The van der Waals surface area contributed by atoms with E-state index in [0.29, 0.717) is 6.04 Å². The van der Waals surface area contributed by atoms with Crippen LogP contribution in [0.3, 0.4) is 0 Å². The molecule has 0 radical (unpaired) electrons. The molecule has 4 rings (SSSR count). The van der Waals surface area contributed by atoms with E-state index < -0.39 is 0 Å². The van der Waals surface area contributed by atoms with Crippen molar-refractivity contribution in [2.45, 2.75) is 25.6 Å². The first kappa shape index (κ1) is 12.2. The maximum Gasteiger partial charge on any atom is 0.119 e. The van der Waals surface area contributed by atoms with E-state index in [2.05, 4.69) is 35.6 Å². The van der Waals surface area contributed by atoms with Gasteiger partial charge in [0.1, 0.15) is 12.0 Å². The highest BCUT2D eigenvalue weighted by atomic mass is 16.5. The van der Waals surface area contributed by atoms with Crippen molar-refractivity contribution in [3.63, 3.8) is 0 Å². The van der Waals surface area contributed by atoms with Crippen molar-refractivity contribution < 1.29 is 9.47 Å². The minimum atomic E-state index is 0.237. The number of aryl methyl sites for hydroxylation is 1. The molecule has 4 heteroatoms. The van der Waals surface area contributed by atoms with Gasteiger partial charge in [-0.1, -0.05) is 0 Å². The van der Waals surface area contributed by atoms with E-state index in [-0.39, 0.29) is 6.23 Å². The lowest BCUT2D eigenvalue weighted by Crippen LogP contribution is -2.36. The Bertz CT molecular complexity index is 677. The van der Waals surface area contributed by atoms with Crippen LogP contribution in [0.1, 0.15) is 24.2 Å². The van der Waals surface area contributed by atoms with E-state index in [9.17, 15) is 0 Å². The van der Waals surface area contributed by atoms with E-state index in [1.54, 1.807) is 7.11 Å². The van der Waals surface area contributed by atoms with Gasteiger partial charge in [0.2, 0.25) is 0 Å². The summed E-state index contributed by atoms with van der Waals surface area (Å²) in [7, 11) is 3.89. The monoisotopic (exact) mass is 272 g/mol. The zero-order valence-electron chi connectivity index (χ0n) is 12.2. The average Bonchev–Trinajstić information content (AvgIpc) is 2.98. The van der Waals surface area contributed by atoms with Crippen LogP contribution in [0.25, 0.3) is 10.9 Å². The highest BCUT2D eigenvalue weighted by Crippen LogP contribution is 2.41. The Morgan fingerprint density at radius 3 is 3.00 bits per heavy atom. The molecule has 0 spiro atoms. The zero-order valence-corrected chi connectivity index (χ0v) is 12.2. The number of fused-ring (bicyclic) bond motifs is 5. The first-order chi connectivity index (χ1) is 9.70. The third-order valence-corrected chi connectivity index (χ3v) is 4.86. The van der Waals surface area contributed by atoms with Gasteiger partial charge >= 0.3 is 0 Å². The summed E-state index contributed by atoms with van der Waals surface area (Å²) in [5, 5.41) is 1.33. The molecule has 4 nitrogen and oxygen atoms in total. The summed E-state index contributed by atoms with van der Waals surface area (Å²) >= 11 is 0. The van der Waals surface area contributed by atoms with Crippen LogP contribution in [0, 0.1) is 0 Å². The maximum absolute atomic E-state index is 5.84. The molecule has 2 atom stereocenters. The Morgan fingerprint density at radius 2 is 2.20 bits per heavy atom. The highest BCUT2D eigenvalue weighted by molar-refractivity contribution is 5.87. The number of aromatic nitrogens is 1. The van der Waals surface area contributed by atoms with E-state index in [1.807, 2.05) is 6.07 Å². The Hall–Kier alpha value is -1.52. The maximum atomic E-state index is 5.84. The van der Waals surface area contributed by atoms with Crippen LogP contribution in [0.5, 0.6) is 5.75 Å². The molecule has 1 aromatic carbocycles. The first-order valence-electron chi connectivity index (χ1n) is 7.23. The molecule has 2 aliphatic heterocycles. The van der Waals surface area contributed by atoms with Crippen molar-refractivity contribution in [1.29, 1.82) is 0 Å². The quantitative estimate of drug-likeness (QED) is 0.798. The summed E-state index contributed by atoms with van der Waals surface area (Å²) in [6.07, 6.45) is 1.32. The summed E-state index contributed by atoms with van der Waals surface area (Å²) in [5.74, 6) is 0.935. The molecule has 2 unspecified atom stereocenters. The smallest absolute Gasteiger partial charge is 0.119 e. The number of hydrogen-bond acceptors (Lipinski definition) is 3. The lowest BCUT2D eigenvalue weighted by molar-refractivity contribution is 0.0449. The summed E-state index contributed by atoms with van der Waals surface area (Å²) in [5.41, 5.74) is 4.18. The molecule has 20 heavy (non-hydrogen) atoms. The number of methoxy groups -OCH3 is 1. The lowest BCUT2D eigenvalue weighted by atomic mass is 9.98. The third-order valence-electron chi connectivity index (χ3n) is 4.86. The number of hydrogen-bond donors (Lipinski definition) is 0. The van der Waals surface area contributed by atoms with Gasteiger partial charge in [-0.05, 0) is 37.1 Å². The fraction of sp³-hybridized carbons (Fsp3) is 0.500. The Morgan fingerprint density at radius 1 is 1.35 bits per heavy atom.